The van der Waals surface area contributed by atoms with Gasteiger partial charge in [0.15, 0.2) is 0 Å². The number of hydrogen-bond acceptors (Lipinski definition) is 3. The lowest BCUT2D eigenvalue weighted by molar-refractivity contribution is 0.167. The lowest BCUT2D eigenvalue weighted by Gasteiger charge is -2.33. The first-order chi connectivity index (χ1) is 9.79. The van der Waals surface area contributed by atoms with E-state index in [2.05, 4.69) is 10.2 Å². The average molecular weight is 278 g/mol. The molecule has 1 aromatic rings. The zero-order chi connectivity index (χ0) is 13.8. The molecule has 0 aromatic heterocycles. The SMILES string of the molecule is Fc1ccc(CN2CCC(NC3CCOC3)CC2)cc1. The average Bonchev–Trinajstić information content (AvgIpc) is 2.96. The summed E-state index contributed by atoms with van der Waals surface area (Å²) in [6, 6.07) is 8.05. The van der Waals surface area contributed by atoms with Crippen LogP contribution >= 0.6 is 0 Å². The van der Waals surface area contributed by atoms with Crippen molar-refractivity contribution in [1.29, 1.82) is 0 Å². The van der Waals surface area contributed by atoms with E-state index in [9.17, 15) is 4.39 Å². The van der Waals surface area contributed by atoms with Gasteiger partial charge in [-0.15, -0.1) is 0 Å². The molecule has 0 radical (unpaired) electrons. The molecule has 1 aromatic carbocycles. The summed E-state index contributed by atoms with van der Waals surface area (Å²) in [5, 5.41) is 3.71. The summed E-state index contributed by atoms with van der Waals surface area (Å²) in [5.41, 5.74) is 1.20. The first-order valence-corrected chi connectivity index (χ1v) is 7.60. The highest BCUT2D eigenvalue weighted by Gasteiger charge is 2.23. The smallest absolute Gasteiger partial charge is 0.123 e. The Kier molecular flexibility index (Phi) is 4.65. The Morgan fingerprint density at radius 3 is 2.50 bits per heavy atom. The number of likely N-dealkylation sites (tertiary alicyclic amines) is 1. The van der Waals surface area contributed by atoms with Crippen LogP contribution in [-0.2, 0) is 11.3 Å². The minimum absolute atomic E-state index is 0.157. The van der Waals surface area contributed by atoms with E-state index in [-0.39, 0.29) is 5.82 Å². The fourth-order valence-corrected chi connectivity index (χ4v) is 3.11. The maximum absolute atomic E-state index is 12.9. The number of piperidine rings is 1. The molecule has 0 amide bonds. The molecular weight excluding hydrogens is 255 g/mol. The molecule has 1 N–H and O–H groups in total. The van der Waals surface area contributed by atoms with Gasteiger partial charge >= 0.3 is 0 Å². The zero-order valence-electron chi connectivity index (χ0n) is 11.9. The van der Waals surface area contributed by atoms with E-state index in [0.29, 0.717) is 12.1 Å². The first kappa shape index (κ1) is 14.0. The molecule has 0 aliphatic carbocycles. The molecule has 3 rings (SSSR count). The largest absolute Gasteiger partial charge is 0.380 e. The molecule has 1 unspecified atom stereocenters. The highest BCUT2D eigenvalue weighted by molar-refractivity contribution is 5.15. The van der Waals surface area contributed by atoms with E-state index in [0.717, 1.165) is 39.3 Å². The number of nitrogens with one attached hydrogen (secondary N) is 1. The van der Waals surface area contributed by atoms with Crippen molar-refractivity contribution in [3.8, 4) is 0 Å². The number of hydrogen-bond donors (Lipinski definition) is 1. The molecule has 4 heteroatoms. The molecule has 2 saturated heterocycles. The monoisotopic (exact) mass is 278 g/mol. The predicted octanol–water partition coefficient (Wildman–Crippen LogP) is 2.17. The van der Waals surface area contributed by atoms with E-state index < -0.39 is 0 Å². The third kappa shape index (κ3) is 3.78. The second-order valence-corrected chi connectivity index (χ2v) is 5.90. The summed E-state index contributed by atoms with van der Waals surface area (Å²) in [6.07, 6.45) is 3.53. The molecule has 1 atom stereocenters. The van der Waals surface area contributed by atoms with Crippen LogP contribution in [0.2, 0.25) is 0 Å². The molecule has 2 heterocycles. The van der Waals surface area contributed by atoms with Crippen molar-refractivity contribution in [2.45, 2.75) is 37.9 Å². The third-order valence-electron chi connectivity index (χ3n) is 4.31. The van der Waals surface area contributed by atoms with Crippen LogP contribution in [0.3, 0.4) is 0 Å². The van der Waals surface area contributed by atoms with E-state index >= 15 is 0 Å². The molecule has 20 heavy (non-hydrogen) atoms. The normalized spacial score (nSPS) is 25.1. The Labute approximate surface area is 120 Å². The van der Waals surface area contributed by atoms with Crippen LogP contribution in [0.1, 0.15) is 24.8 Å². The molecule has 2 aliphatic rings. The number of rotatable bonds is 4. The highest BCUT2D eigenvalue weighted by Crippen LogP contribution is 2.16. The summed E-state index contributed by atoms with van der Waals surface area (Å²) >= 11 is 0. The summed E-state index contributed by atoms with van der Waals surface area (Å²) in [5.74, 6) is -0.157. The van der Waals surface area contributed by atoms with Crippen molar-refractivity contribution in [2.75, 3.05) is 26.3 Å². The minimum Gasteiger partial charge on any atom is -0.380 e. The topological polar surface area (TPSA) is 24.5 Å². The Bertz CT molecular complexity index is 409. The first-order valence-electron chi connectivity index (χ1n) is 7.60. The van der Waals surface area contributed by atoms with Crippen molar-refractivity contribution >= 4 is 0 Å². The Hall–Kier alpha value is -0.970. The van der Waals surface area contributed by atoms with Gasteiger partial charge in [-0.1, -0.05) is 12.1 Å². The second-order valence-electron chi connectivity index (χ2n) is 5.90. The number of benzene rings is 1. The molecular formula is C16H23FN2O. The Balaban J connectivity index is 1.42. The van der Waals surface area contributed by atoms with Crippen LogP contribution in [0.25, 0.3) is 0 Å². The standard InChI is InChI=1S/C16H23FN2O/c17-14-3-1-13(2-4-14)11-19-8-5-15(6-9-19)18-16-7-10-20-12-16/h1-4,15-16,18H,5-12H2. The van der Waals surface area contributed by atoms with E-state index in [4.69, 9.17) is 4.74 Å². The van der Waals surface area contributed by atoms with Gasteiger partial charge in [0, 0.05) is 25.2 Å². The molecule has 2 aliphatic heterocycles. The van der Waals surface area contributed by atoms with Gasteiger partial charge in [-0.2, -0.15) is 0 Å². The third-order valence-corrected chi connectivity index (χ3v) is 4.31. The molecule has 110 valence electrons. The molecule has 0 saturated carbocycles. The van der Waals surface area contributed by atoms with Crippen molar-refractivity contribution in [3.05, 3.63) is 35.6 Å². The number of ether oxygens (including phenoxy) is 1. The van der Waals surface area contributed by atoms with Gasteiger partial charge in [-0.25, -0.2) is 4.39 Å². The van der Waals surface area contributed by atoms with Crippen molar-refractivity contribution < 1.29 is 9.13 Å². The zero-order valence-corrected chi connectivity index (χ0v) is 11.9. The van der Waals surface area contributed by atoms with Crippen LogP contribution < -0.4 is 5.32 Å². The van der Waals surface area contributed by atoms with Gasteiger partial charge in [0.05, 0.1) is 6.61 Å². The second kappa shape index (κ2) is 6.66. The van der Waals surface area contributed by atoms with E-state index in [1.165, 1.54) is 18.4 Å². The summed E-state index contributed by atoms with van der Waals surface area (Å²) in [4.78, 5) is 2.45. The summed E-state index contributed by atoms with van der Waals surface area (Å²) in [6.45, 7) is 4.93. The van der Waals surface area contributed by atoms with E-state index in [1.807, 2.05) is 12.1 Å². The molecule has 0 spiro atoms. The van der Waals surface area contributed by atoms with E-state index in [1.54, 1.807) is 12.1 Å². The quantitative estimate of drug-likeness (QED) is 0.913. The number of nitrogens with zero attached hydrogens (tertiary/aromatic N) is 1. The lowest BCUT2D eigenvalue weighted by Crippen LogP contribution is -2.46. The van der Waals surface area contributed by atoms with Crippen molar-refractivity contribution in [3.63, 3.8) is 0 Å². The molecule has 0 bridgehead atoms. The van der Waals surface area contributed by atoms with Crippen LogP contribution in [0, 0.1) is 5.82 Å². The van der Waals surface area contributed by atoms with Crippen LogP contribution in [0.4, 0.5) is 4.39 Å². The molecule has 2 fully saturated rings. The minimum atomic E-state index is -0.157. The van der Waals surface area contributed by atoms with Crippen molar-refractivity contribution in [2.24, 2.45) is 0 Å². The molecule has 3 nitrogen and oxygen atoms in total. The van der Waals surface area contributed by atoms with Gasteiger partial charge in [0.1, 0.15) is 5.82 Å². The lowest BCUT2D eigenvalue weighted by atomic mass is 10.0. The van der Waals surface area contributed by atoms with Gasteiger partial charge in [0.25, 0.3) is 0 Å². The fraction of sp³-hybridized carbons (Fsp3) is 0.625. The van der Waals surface area contributed by atoms with Gasteiger partial charge in [-0.05, 0) is 50.0 Å². The maximum Gasteiger partial charge on any atom is 0.123 e. The highest BCUT2D eigenvalue weighted by atomic mass is 19.1. The van der Waals surface area contributed by atoms with Crippen LogP contribution in [0.5, 0.6) is 0 Å². The van der Waals surface area contributed by atoms with Crippen LogP contribution in [0.15, 0.2) is 24.3 Å². The number of halogens is 1. The van der Waals surface area contributed by atoms with Gasteiger partial charge in [0.2, 0.25) is 0 Å². The van der Waals surface area contributed by atoms with Gasteiger partial charge in [-0.3, -0.25) is 4.90 Å². The summed E-state index contributed by atoms with van der Waals surface area (Å²) in [7, 11) is 0. The predicted molar refractivity (Wildman–Crippen MR) is 77.1 cm³/mol. The fourth-order valence-electron chi connectivity index (χ4n) is 3.11. The van der Waals surface area contributed by atoms with Gasteiger partial charge < -0.3 is 10.1 Å². The summed E-state index contributed by atoms with van der Waals surface area (Å²) < 4.78 is 18.3. The maximum atomic E-state index is 12.9. The van der Waals surface area contributed by atoms with Crippen LogP contribution in [-0.4, -0.2) is 43.3 Å². The Morgan fingerprint density at radius 1 is 1.10 bits per heavy atom. The Morgan fingerprint density at radius 2 is 1.85 bits per heavy atom. The van der Waals surface area contributed by atoms with Crippen molar-refractivity contribution in [1.82, 2.24) is 10.2 Å².